The first-order valence-electron chi connectivity index (χ1n) is 13.8. The molecule has 43 heavy (non-hydrogen) atoms. The normalized spacial score (nSPS) is 13.8. The highest BCUT2D eigenvalue weighted by molar-refractivity contribution is 5.91. The molecule has 6 rings (SSSR count). The molecule has 0 saturated carbocycles. The van der Waals surface area contributed by atoms with Crippen molar-refractivity contribution in [2.24, 2.45) is 0 Å². The molecular formula is C30H30F2N8O3. The molecular weight excluding hydrogens is 558 g/mol. The van der Waals surface area contributed by atoms with Gasteiger partial charge in [-0.25, -0.2) is 18.7 Å². The third-order valence-electron chi connectivity index (χ3n) is 6.97. The molecule has 222 valence electrons. The molecule has 0 spiro atoms. The molecule has 0 bridgehead atoms. The topological polar surface area (TPSA) is 112 Å². The number of morpholine rings is 1. The van der Waals surface area contributed by atoms with Crippen molar-refractivity contribution in [1.29, 1.82) is 0 Å². The zero-order valence-corrected chi connectivity index (χ0v) is 23.5. The van der Waals surface area contributed by atoms with E-state index in [0.717, 1.165) is 24.2 Å². The van der Waals surface area contributed by atoms with E-state index in [1.54, 1.807) is 23.1 Å². The molecule has 0 atom stereocenters. The highest BCUT2D eigenvalue weighted by atomic mass is 19.1. The average Bonchev–Trinajstić information content (AvgIpc) is 3.38. The summed E-state index contributed by atoms with van der Waals surface area (Å²) >= 11 is 0. The van der Waals surface area contributed by atoms with Crippen molar-refractivity contribution in [2.45, 2.75) is 13.1 Å². The van der Waals surface area contributed by atoms with Crippen molar-refractivity contribution in [3.8, 4) is 17.3 Å². The highest BCUT2D eigenvalue weighted by Crippen LogP contribution is 2.30. The number of hydrogen-bond donors (Lipinski definition) is 1. The van der Waals surface area contributed by atoms with Crippen LogP contribution >= 0.6 is 0 Å². The average molecular weight is 589 g/mol. The molecule has 5 aromatic rings. The monoisotopic (exact) mass is 588 g/mol. The van der Waals surface area contributed by atoms with Gasteiger partial charge in [0, 0.05) is 55.9 Å². The van der Waals surface area contributed by atoms with Crippen LogP contribution in [0, 0.1) is 11.6 Å². The number of ether oxygens (including phenoxy) is 3. The minimum Gasteiger partial charge on any atom is -0.491 e. The van der Waals surface area contributed by atoms with Gasteiger partial charge in [-0.05, 0) is 12.1 Å². The van der Waals surface area contributed by atoms with Crippen molar-refractivity contribution in [3.05, 3.63) is 83.8 Å². The number of nitrogens with one attached hydrogen (secondary N) is 1. The second-order valence-electron chi connectivity index (χ2n) is 9.94. The number of rotatable bonds is 11. The van der Waals surface area contributed by atoms with Gasteiger partial charge in [0.1, 0.15) is 35.5 Å². The van der Waals surface area contributed by atoms with Crippen LogP contribution in [-0.4, -0.2) is 81.5 Å². The van der Waals surface area contributed by atoms with Crippen LogP contribution in [0.25, 0.3) is 22.4 Å². The van der Waals surface area contributed by atoms with E-state index in [0.29, 0.717) is 54.9 Å². The maximum Gasteiger partial charge on any atom is 0.183 e. The molecule has 1 aliphatic heterocycles. The number of anilines is 2. The maximum atomic E-state index is 15.1. The Morgan fingerprint density at radius 1 is 0.953 bits per heavy atom. The smallest absolute Gasteiger partial charge is 0.183 e. The fourth-order valence-electron chi connectivity index (χ4n) is 4.87. The van der Waals surface area contributed by atoms with E-state index in [1.807, 2.05) is 30.3 Å². The van der Waals surface area contributed by atoms with E-state index in [9.17, 15) is 0 Å². The lowest BCUT2D eigenvalue weighted by molar-refractivity contribution is 0.0336. The largest absolute Gasteiger partial charge is 0.491 e. The number of nitrogens with zero attached hydrogens (tertiary/aromatic N) is 7. The second-order valence-corrected chi connectivity index (χ2v) is 9.94. The standard InChI is InChI=1S/C30H30F2N8O3/c1-41-12-13-43-22-15-25(31)24(26(32)16-22)19-40-27-5-3-2-4-23(27)29(38-40)30-36-21(18-39-8-10-42-11-9-39)14-28(37-30)35-20-6-7-33-34-17-20/h2-7,14-17H,8-13,18-19H2,1H3,(H,33,35,36,37). The number of halogens is 2. The van der Waals surface area contributed by atoms with E-state index in [2.05, 4.69) is 20.4 Å². The summed E-state index contributed by atoms with van der Waals surface area (Å²) in [5.74, 6) is -0.421. The SMILES string of the molecule is COCCOc1cc(F)c(Cn2nc(-c3nc(CN4CCOCC4)cc(Nc4ccnnc4)n3)c3ccccc32)c(F)c1. The van der Waals surface area contributed by atoms with Crippen molar-refractivity contribution in [2.75, 3.05) is 51.9 Å². The Bertz CT molecular complexity index is 1670. The van der Waals surface area contributed by atoms with Crippen LogP contribution in [0.5, 0.6) is 5.75 Å². The molecule has 0 aliphatic carbocycles. The highest BCUT2D eigenvalue weighted by Gasteiger charge is 2.21. The van der Waals surface area contributed by atoms with Gasteiger partial charge in [0.25, 0.3) is 0 Å². The number of fused-ring (bicyclic) bond motifs is 1. The number of methoxy groups -OCH3 is 1. The number of benzene rings is 2. The summed E-state index contributed by atoms with van der Waals surface area (Å²) in [4.78, 5) is 11.9. The third-order valence-corrected chi connectivity index (χ3v) is 6.97. The van der Waals surface area contributed by atoms with E-state index in [1.165, 1.54) is 19.2 Å². The lowest BCUT2D eigenvalue weighted by Gasteiger charge is -2.26. The van der Waals surface area contributed by atoms with Gasteiger partial charge in [0.2, 0.25) is 0 Å². The Morgan fingerprint density at radius 3 is 2.53 bits per heavy atom. The zero-order valence-electron chi connectivity index (χ0n) is 23.5. The predicted molar refractivity (Wildman–Crippen MR) is 155 cm³/mol. The molecule has 13 heteroatoms. The van der Waals surface area contributed by atoms with Crippen LogP contribution < -0.4 is 10.1 Å². The van der Waals surface area contributed by atoms with Crippen LogP contribution in [-0.2, 0) is 22.6 Å². The zero-order chi connectivity index (χ0) is 29.6. The van der Waals surface area contributed by atoms with Gasteiger partial charge >= 0.3 is 0 Å². The lowest BCUT2D eigenvalue weighted by Crippen LogP contribution is -2.35. The Morgan fingerprint density at radius 2 is 1.77 bits per heavy atom. The van der Waals surface area contributed by atoms with Crippen molar-refractivity contribution in [3.63, 3.8) is 0 Å². The summed E-state index contributed by atoms with van der Waals surface area (Å²) < 4.78 is 47.6. The third kappa shape index (κ3) is 6.74. The molecule has 0 unspecified atom stereocenters. The summed E-state index contributed by atoms with van der Waals surface area (Å²) in [6.45, 7) is 3.85. The molecule has 1 fully saturated rings. The van der Waals surface area contributed by atoms with Crippen molar-refractivity contribution >= 4 is 22.4 Å². The van der Waals surface area contributed by atoms with E-state index < -0.39 is 11.6 Å². The van der Waals surface area contributed by atoms with Gasteiger partial charge in [0.05, 0.1) is 55.7 Å². The number of aromatic nitrogens is 6. The fraction of sp³-hybridized carbons (Fsp3) is 0.300. The molecule has 3 aromatic heterocycles. The number of hydrogen-bond acceptors (Lipinski definition) is 10. The summed E-state index contributed by atoms with van der Waals surface area (Å²) in [7, 11) is 1.53. The van der Waals surface area contributed by atoms with E-state index in [-0.39, 0.29) is 24.5 Å². The molecule has 0 radical (unpaired) electrons. The predicted octanol–water partition coefficient (Wildman–Crippen LogP) is 4.21. The van der Waals surface area contributed by atoms with Crippen LogP contribution in [0.3, 0.4) is 0 Å². The fourth-order valence-corrected chi connectivity index (χ4v) is 4.87. The van der Waals surface area contributed by atoms with Crippen LogP contribution in [0.4, 0.5) is 20.3 Å². The first-order valence-corrected chi connectivity index (χ1v) is 13.8. The second kappa shape index (κ2) is 13.2. The lowest BCUT2D eigenvalue weighted by atomic mass is 10.1. The summed E-state index contributed by atoms with van der Waals surface area (Å²) in [6.07, 6.45) is 3.19. The minimum atomic E-state index is -0.727. The molecule has 2 aromatic carbocycles. The van der Waals surface area contributed by atoms with Gasteiger partial charge in [-0.1, -0.05) is 18.2 Å². The molecule has 1 saturated heterocycles. The Balaban J connectivity index is 1.37. The Labute approximate surface area is 246 Å². The summed E-state index contributed by atoms with van der Waals surface area (Å²) in [6, 6.07) is 13.5. The molecule has 4 heterocycles. The molecule has 1 aliphatic rings. The summed E-state index contributed by atoms with van der Waals surface area (Å²) in [5.41, 5.74) is 2.56. The van der Waals surface area contributed by atoms with Gasteiger partial charge < -0.3 is 19.5 Å². The molecule has 11 nitrogen and oxygen atoms in total. The van der Waals surface area contributed by atoms with Gasteiger partial charge in [0.15, 0.2) is 5.82 Å². The first kappa shape index (κ1) is 28.5. The maximum absolute atomic E-state index is 15.1. The first-order chi connectivity index (χ1) is 21.1. The van der Waals surface area contributed by atoms with Gasteiger partial charge in [-0.3, -0.25) is 9.58 Å². The van der Waals surface area contributed by atoms with E-state index in [4.69, 9.17) is 29.3 Å². The van der Waals surface area contributed by atoms with E-state index >= 15 is 8.78 Å². The Hall–Kier alpha value is -4.59. The van der Waals surface area contributed by atoms with Gasteiger partial charge in [-0.15, -0.1) is 0 Å². The minimum absolute atomic E-state index is 0.0942. The van der Waals surface area contributed by atoms with Crippen molar-refractivity contribution in [1.82, 2.24) is 34.8 Å². The van der Waals surface area contributed by atoms with Gasteiger partial charge in [-0.2, -0.15) is 15.3 Å². The molecule has 0 amide bonds. The van der Waals surface area contributed by atoms with Crippen LogP contribution in [0.15, 0.2) is 60.9 Å². The summed E-state index contributed by atoms with van der Waals surface area (Å²) in [5, 5.41) is 16.6. The number of para-hydroxylation sites is 1. The quantitative estimate of drug-likeness (QED) is 0.225. The molecule has 1 N–H and O–H groups in total. The van der Waals surface area contributed by atoms with Crippen LogP contribution in [0.1, 0.15) is 11.3 Å². The van der Waals surface area contributed by atoms with Crippen molar-refractivity contribution < 1.29 is 23.0 Å². The Kier molecular flexibility index (Phi) is 8.72. The van der Waals surface area contributed by atoms with Crippen LogP contribution in [0.2, 0.25) is 0 Å².